The molecule has 0 heterocycles. The Bertz CT molecular complexity index is 1140. The van der Waals surface area contributed by atoms with Crippen LogP contribution in [0.4, 0.5) is 13.2 Å². The molecule has 2 aromatic rings. The van der Waals surface area contributed by atoms with Gasteiger partial charge in [0.15, 0.2) is 0 Å². The highest BCUT2D eigenvalue weighted by atomic mass is 32.2. The number of hydrogen-bond acceptors (Lipinski definition) is 5. The third-order valence-corrected chi connectivity index (χ3v) is 7.82. The maximum atomic E-state index is 13.4. The molecule has 0 spiro atoms. The quantitative estimate of drug-likeness (QED) is 0.331. The number of hydrogen-bond donors (Lipinski definition) is 3. The summed E-state index contributed by atoms with van der Waals surface area (Å²) in [7, 11) is -3.20. The van der Waals surface area contributed by atoms with Crippen LogP contribution in [0.1, 0.15) is 49.8 Å². The summed E-state index contributed by atoms with van der Waals surface area (Å²) in [5, 5.41) is 22.5. The minimum atomic E-state index is -4.81. The number of carbonyl (C=O) groups is 1. The summed E-state index contributed by atoms with van der Waals surface area (Å²) in [6, 6.07) is 12.4. The van der Waals surface area contributed by atoms with Crippen LogP contribution in [0.2, 0.25) is 0 Å². The molecule has 0 radical (unpaired) electrons. The normalized spacial score (nSPS) is 13.6. The maximum absolute atomic E-state index is 13.4. The molecule has 0 aromatic heterocycles. The Morgan fingerprint density at radius 1 is 1.05 bits per heavy atom. The van der Waals surface area contributed by atoms with Crippen molar-refractivity contribution in [2.75, 3.05) is 20.1 Å². The third kappa shape index (κ3) is 10.1. The molecule has 11 heteroatoms. The van der Waals surface area contributed by atoms with Crippen molar-refractivity contribution in [2.45, 2.75) is 68.7 Å². The van der Waals surface area contributed by atoms with Gasteiger partial charge in [-0.05, 0) is 68.9 Å². The monoisotopic (exact) mass is 544 g/mol. The minimum absolute atomic E-state index is 0.0522. The molecule has 0 bridgehead atoms. The zero-order chi connectivity index (χ0) is 27.9. The fourth-order valence-corrected chi connectivity index (χ4v) is 5.17. The van der Waals surface area contributed by atoms with Crippen LogP contribution in [-0.4, -0.2) is 60.7 Å². The van der Waals surface area contributed by atoms with E-state index >= 15 is 0 Å². The molecule has 3 N–H and O–H groups in total. The number of aliphatic hydroxyl groups is 1. The predicted octanol–water partition coefficient (Wildman–Crippen LogP) is 4.10. The molecule has 0 amide bonds. The molecular weight excluding hydrogens is 509 g/mol. The van der Waals surface area contributed by atoms with E-state index < -0.39 is 45.2 Å². The number of aliphatic hydroxyl groups excluding tert-OH is 1. The van der Waals surface area contributed by atoms with Gasteiger partial charge in [0.2, 0.25) is 10.0 Å². The van der Waals surface area contributed by atoms with Gasteiger partial charge in [-0.15, -0.1) is 0 Å². The number of rotatable bonds is 14. The van der Waals surface area contributed by atoms with E-state index in [2.05, 4.69) is 17.4 Å². The lowest BCUT2D eigenvalue weighted by Gasteiger charge is -2.29. The Morgan fingerprint density at radius 2 is 1.70 bits per heavy atom. The number of nitrogens with one attached hydrogen (secondary N) is 1. The van der Waals surface area contributed by atoms with E-state index in [1.807, 2.05) is 32.0 Å². The first-order chi connectivity index (χ1) is 17.1. The standard InChI is InChI=1S/C26H35F3N2O5S/c1-25(2,13-7-10-19-8-5-4-6-9-19)30-17-22(32)18-31(3)37(35,36)23-15-20(11-12-24(33)34)14-21(16-23)26(27,28)29/h4-6,8-9,14-16,22,30,32H,7,10-13,17-18H2,1-3H3,(H,33,34). The van der Waals surface area contributed by atoms with Crippen molar-refractivity contribution >= 4 is 16.0 Å². The van der Waals surface area contributed by atoms with Gasteiger partial charge in [-0.1, -0.05) is 30.3 Å². The number of likely N-dealkylation sites (N-methyl/N-ethyl adjacent to an activating group) is 1. The van der Waals surface area contributed by atoms with Gasteiger partial charge in [-0.3, -0.25) is 4.79 Å². The summed E-state index contributed by atoms with van der Waals surface area (Å²) >= 11 is 0. The van der Waals surface area contributed by atoms with Crippen LogP contribution in [-0.2, 0) is 33.8 Å². The molecule has 1 unspecified atom stereocenters. The SMILES string of the molecule is CN(CC(O)CNC(C)(C)CCCc1ccccc1)S(=O)(=O)c1cc(CCC(=O)O)cc(C(F)(F)F)c1. The number of aliphatic carboxylic acids is 1. The van der Waals surface area contributed by atoms with Crippen molar-refractivity contribution in [3.8, 4) is 0 Å². The van der Waals surface area contributed by atoms with Gasteiger partial charge in [0, 0.05) is 32.1 Å². The Labute approximate surface area is 216 Å². The van der Waals surface area contributed by atoms with Gasteiger partial charge < -0.3 is 15.5 Å². The molecule has 0 aliphatic heterocycles. The van der Waals surface area contributed by atoms with Gasteiger partial charge in [0.1, 0.15) is 0 Å². The number of carboxylic acids is 1. The number of carboxylic acid groups (broad SMARTS) is 1. The van der Waals surface area contributed by atoms with E-state index in [0.717, 1.165) is 35.7 Å². The second-order valence-electron chi connectivity index (χ2n) is 9.80. The molecule has 0 saturated carbocycles. The van der Waals surface area contributed by atoms with Crippen molar-refractivity contribution in [3.05, 3.63) is 65.2 Å². The van der Waals surface area contributed by atoms with Crippen LogP contribution >= 0.6 is 0 Å². The van der Waals surface area contributed by atoms with Crippen LogP contribution in [0, 0.1) is 0 Å². The molecule has 0 aliphatic carbocycles. The van der Waals surface area contributed by atoms with Crippen LogP contribution in [0.5, 0.6) is 0 Å². The zero-order valence-electron chi connectivity index (χ0n) is 21.3. The van der Waals surface area contributed by atoms with Crippen molar-refractivity contribution in [1.29, 1.82) is 0 Å². The molecule has 2 rings (SSSR count). The van der Waals surface area contributed by atoms with Gasteiger partial charge in [-0.2, -0.15) is 17.5 Å². The molecule has 0 saturated heterocycles. The number of nitrogens with zero attached hydrogens (tertiary/aromatic N) is 1. The first-order valence-corrected chi connectivity index (χ1v) is 13.4. The molecular formula is C26H35F3N2O5S. The van der Waals surface area contributed by atoms with Crippen molar-refractivity contribution in [2.24, 2.45) is 0 Å². The Kier molecular flexibility index (Phi) is 10.7. The van der Waals surface area contributed by atoms with E-state index in [1.165, 1.54) is 12.6 Å². The topological polar surface area (TPSA) is 107 Å². The fraction of sp³-hybridized carbons (Fsp3) is 0.500. The summed E-state index contributed by atoms with van der Waals surface area (Å²) in [6.45, 7) is 3.71. The molecule has 37 heavy (non-hydrogen) atoms. The highest BCUT2D eigenvalue weighted by molar-refractivity contribution is 7.89. The van der Waals surface area contributed by atoms with E-state index in [1.54, 1.807) is 0 Å². The van der Waals surface area contributed by atoms with E-state index in [9.17, 15) is 31.5 Å². The summed E-state index contributed by atoms with van der Waals surface area (Å²) in [4.78, 5) is 10.2. The number of aryl methyl sites for hydroxylation is 2. The molecule has 1 atom stereocenters. The van der Waals surface area contributed by atoms with Gasteiger partial charge in [0.25, 0.3) is 0 Å². The summed E-state index contributed by atoms with van der Waals surface area (Å²) in [6.07, 6.45) is -3.98. The van der Waals surface area contributed by atoms with Crippen molar-refractivity contribution < 1.29 is 36.6 Å². The highest BCUT2D eigenvalue weighted by Gasteiger charge is 2.34. The number of β-amino-alcohol motifs (C(OH)–C–C–N with tert-alkyl or cyclic N) is 1. The predicted molar refractivity (Wildman–Crippen MR) is 135 cm³/mol. The first kappa shape index (κ1) is 30.8. The summed E-state index contributed by atoms with van der Waals surface area (Å²) < 4.78 is 67.0. The average Bonchev–Trinajstić information content (AvgIpc) is 2.81. The molecule has 2 aromatic carbocycles. The average molecular weight is 545 g/mol. The lowest BCUT2D eigenvalue weighted by atomic mass is 9.95. The molecule has 206 valence electrons. The Morgan fingerprint density at radius 3 is 2.30 bits per heavy atom. The molecule has 7 nitrogen and oxygen atoms in total. The summed E-state index contributed by atoms with van der Waals surface area (Å²) in [5.41, 5.74) is -0.329. The number of halogens is 3. The largest absolute Gasteiger partial charge is 0.481 e. The van der Waals surface area contributed by atoms with Gasteiger partial charge >= 0.3 is 12.1 Å². The number of benzene rings is 2. The lowest BCUT2D eigenvalue weighted by Crippen LogP contribution is -2.46. The van der Waals surface area contributed by atoms with E-state index in [4.69, 9.17) is 5.11 Å². The third-order valence-electron chi connectivity index (χ3n) is 6.02. The smallest absolute Gasteiger partial charge is 0.416 e. The summed E-state index contributed by atoms with van der Waals surface area (Å²) in [5.74, 6) is -1.21. The van der Waals surface area contributed by atoms with Crippen LogP contribution in [0.15, 0.2) is 53.4 Å². The van der Waals surface area contributed by atoms with E-state index in [-0.39, 0.29) is 30.6 Å². The van der Waals surface area contributed by atoms with Gasteiger partial charge in [-0.25, -0.2) is 8.42 Å². The first-order valence-electron chi connectivity index (χ1n) is 12.0. The van der Waals surface area contributed by atoms with Crippen LogP contribution in [0.3, 0.4) is 0 Å². The fourth-order valence-electron chi connectivity index (χ4n) is 3.87. The lowest BCUT2D eigenvalue weighted by molar-refractivity contribution is -0.138. The second kappa shape index (κ2) is 12.9. The van der Waals surface area contributed by atoms with Crippen molar-refractivity contribution in [3.63, 3.8) is 0 Å². The van der Waals surface area contributed by atoms with Crippen molar-refractivity contribution in [1.82, 2.24) is 9.62 Å². The second-order valence-corrected chi connectivity index (χ2v) is 11.8. The minimum Gasteiger partial charge on any atom is -0.481 e. The maximum Gasteiger partial charge on any atom is 0.416 e. The molecule has 0 fully saturated rings. The number of sulfonamides is 1. The van der Waals surface area contributed by atoms with Crippen LogP contribution < -0.4 is 5.32 Å². The van der Waals surface area contributed by atoms with Crippen LogP contribution in [0.25, 0.3) is 0 Å². The van der Waals surface area contributed by atoms with E-state index in [0.29, 0.717) is 6.07 Å². The number of alkyl halides is 3. The Hall–Kier alpha value is -2.47. The molecule has 0 aliphatic rings. The highest BCUT2D eigenvalue weighted by Crippen LogP contribution is 2.32. The zero-order valence-corrected chi connectivity index (χ0v) is 22.1. The Balaban J connectivity index is 2.01. The van der Waals surface area contributed by atoms with Gasteiger partial charge in [0.05, 0.1) is 16.6 Å².